The molecule has 0 unspecified atom stereocenters. The van der Waals surface area contributed by atoms with Gasteiger partial charge in [-0.3, -0.25) is 0 Å². The molecule has 1 aromatic carbocycles. The van der Waals surface area contributed by atoms with Crippen LogP contribution in [0.25, 0.3) is 0 Å². The van der Waals surface area contributed by atoms with Crippen LogP contribution >= 0.6 is 11.8 Å². The second kappa shape index (κ2) is 5.33. The molecule has 0 fully saturated rings. The highest BCUT2D eigenvalue weighted by Crippen LogP contribution is 2.21. The number of thioether (sulfide) groups is 1. The van der Waals surface area contributed by atoms with Gasteiger partial charge in [-0.05, 0) is 12.5 Å². The summed E-state index contributed by atoms with van der Waals surface area (Å²) in [5.41, 5.74) is 8.14. The Balaban J connectivity index is 2.05. The first kappa shape index (κ1) is 12.1. The fraction of sp³-hybridized carbons (Fsp3) is 0.333. The van der Waals surface area contributed by atoms with Crippen LogP contribution in [0.1, 0.15) is 17.0 Å². The van der Waals surface area contributed by atoms with E-state index in [1.54, 1.807) is 11.8 Å². The second-order valence-electron chi connectivity index (χ2n) is 3.94. The molecule has 0 radical (unpaired) electrons. The molecule has 0 atom stereocenters. The Morgan fingerprint density at radius 1 is 1.35 bits per heavy atom. The van der Waals surface area contributed by atoms with Gasteiger partial charge in [-0.1, -0.05) is 41.6 Å². The predicted molar refractivity (Wildman–Crippen MR) is 69.6 cm³/mol. The first-order valence-electron chi connectivity index (χ1n) is 5.47. The predicted octanol–water partition coefficient (Wildman–Crippen LogP) is 1.87. The largest absolute Gasteiger partial charge is 0.324 e. The van der Waals surface area contributed by atoms with E-state index in [0.29, 0.717) is 6.54 Å². The molecule has 0 spiro atoms. The standard InChI is InChI=1S/C12H16N4S/c1-9-4-3-5-10(6-9)8-17-12-15-14-11(7-13)16(12)2/h3-6H,7-8,13H2,1-2H3. The van der Waals surface area contributed by atoms with E-state index in [-0.39, 0.29) is 0 Å². The first-order valence-corrected chi connectivity index (χ1v) is 6.46. The number of aromatic nitrogens is 3. The maximum atomic E-state index is 5.56. The Bertz CT molecular complexity index is 507. The van der Waals surface area contributed by atoms with E-state index >= 15 is 0 Å². The maximum Gasteiger partial charge on any atom is 0.191 e. The fourth-order valence-electron chi connectivity index (χ4n) is 1.60. The molecule has 0 aliphatic carbocycles. The molecule has 0 aliphatic rings. The number of hydrogen-bond acceptors (Lipinski definition) is 4. The maximum absolute atomic E-state index is 5.56. The SMILES string of the molecule is Cc1cccc(CSc2nnc(CN)n2C)c1. The third kappa shape index (κ3) is 2.87. The summed E-state index contributed by atoms with van der Waals surface area (Å²) in [6.45, 7) is 2.53. The van der Waals surface area contributed by atoms with Crippen LogP contribution in [0.3, 0.4) is 0 Å². The van der Waals surface area contributed by atoms with Gasteiger partial charge in [0.05, 0.1) is 6.54 Å². The molecule has 2 N–H and O–H groups in total. The van der Waals surface area contributed by atoms with Gasteiger partial charge in [-0.2, -0.15) is 0 Å². The Kier molecular flexibility index (Phi) is 3.81. The second-order valence-corrected chi connectivity index (χ2v) is 4.88. The molecule has 0 amide bonds. The zero-order chi connectivity index (χ0) is 12.3. The fourth-order valence-corrected chi connectivity index (χ4v) is 2.47. The lowest BCUT2D eigenvalue weighted by Gasteiger charge is -2.03. The van der Waals surface area contributed by atoms with Crippen molar-refractivity contribution >= 4 is 11.8 Å². The van der Waals surface area contributed by atoms with Crippen molar-refractivity contribution in [3.63, 3.8) is 0 Å². The third-order valence-corrected chi connectivity index (χ3v) is 3.65. The van der Waals surface area contributed by atoms with Crippen LogP contribution < -0.4 is 5.73 Å². The number of benzene rings is 1. The quantitative estimate of drug-likeness (QED) is 0.839. The van der Waals surface area contributed by atoms with Gasteiger partial charge in [0, 0.05) is 12.8 Å². The van der Waals surface area contributed by atoms with Gasteiger partial charge in [0.15, 0.2) is 5.16 Å². The Hall–Kier alpha value is -1.33. The topological polar surface area (TPSA) is 56.7 Å². The van der Waals surface area contributed by atoms with Crippen LogP contribution in [0.15, 0.2) is 29.4 Å². The first-order chi connectivity index (χ1) is 8.20. The molecular formula is C12H16N4S. The minimum Gasteiger partial charge on any atom is -0.324 e. The summed E-state index contributed by atoms with van der Waals surface area (Å²) in [6, 6.07) is 8.49. The average molecular weight is 248 g/mol. The zero-order valence-corrected chi connectivity index (χ0v) is 10.9. The number of nitrogens with two attached hydrogens (primary N) is 1. The minimum atomic E-state index is 0.425. The molecule has 2 rings (SSSR count). The van der Waals surface area contributed by atoms with Crippen molar-refractivity contribution in [2.24, 2.45) is 12.8 Å². The molecule has 0 bridgehead atoms. The van der Waals surface area contributed by atoms with Crippen LogP contribution in [0, 0.1) is 6.92 Å². The van der Waals surface area contributed by atoms with Crippen molar-refractivity contribution in [3.05, 3.63) is 41.2 Å². The van der Waals surface area contributed by atoms with Gasteiger partial charge in [0.2, 0.25) is 0 Å². The molecular weight excluding hydrogens is 232 g/mol. The van der Waals surface area contributed by atoms with E-state index in [1.807, 2.05) is 11.6 Å². The monoisotopic (exact) mass is 248 g/mol. The highest BCUT2D eigenvalue weighted by atomic mass is 32.2. The summed E-state index contributed by atoms with van der Waals surface area (Å²) in [4.78, 5) is 0. The number of rotatable bonds is 4. The van der Waals surface area contributed by atoms with E-state index in [0.717, 1.165) is 16.7 Å². The van der Waals surface area contributed by atoms with Crippen LogP contribution in [-0.2, 0) is 19.3 Å². The summed E-state index contributed by atoms with van der Waals surface area (Å²) in [5.74, 6) is 1.72. The van der Waals surface area contributed by atoms with Crippen molar-refractivity contribution in [2.75, 3.05) is 0 Å². The van der Waals surface area contributed by atoms with Gasteiger partial charge < -0.3 is 10.3 Å². The lowest BCUT2D eigenvalue weighted by molar-refractivity contribution is 0.734. The van der Waals surface area contributed by atoms with Gasteiger partial charge >= 0.3 is 0 Å². The number of nitrogens with zero attached hydrogens (tertiary/aromatic N) is 3. The molecule has 0 saturated heterocycles. The van der Waals surface area contributed by atoms with E-state index in [9.17, 15) is 0 Å². The van der Waals surface area contributed by atoms with Crippen molar-refractivity contribution in [1.29, 1.82) is 0 Å². The summed E-state index contributed by atoms with van der Waals surface area (Å²) in [7, 11) is 1.95. The smallest absolute Gasteiger partial charge is 0.191 e. The zero-order valence-electron chi connectivity index (χ0n) is 10.1. The summed E-state index contributed by atoms with van der Waals surface area (Å²) in [6.07, 6.45) is 0. The summed E-state index contributed by atoms with van der Waals surface area (Å²) >= 11 is 1.68. The Labute approximate surface area is 105 Å². The number of hydrogen-bond donors (Lipinski definition) is 1. The molecule has 90 valence electrons. The van der Waals surface area contributed by atoms with Gasteiger partial charge in [-0.25, -0.2) is 0 Å². The average Bonchev–Trinajstić information content (AvgIpc) is 2.67. The van der Waals surface area contributed by atoms with Gasteiger partial charge in [0.25, 0.3) is 0 Å². The molecule has 0 aliphatic heterocycles. The molecule has 17 heavy (non-hydrogen) atoms. The lowest BCUT2D eigenvalue weighted by atomic mass is 10.2. The normalized spacial score (nSPS) is 10.8. The van der Waals surface area contributed by atoms with Crippen molar-refractivity contribution in [3.8, 4) is 0 Å². The number of aryl methyl sites for hydroxylation is 1. The van der Waals surface area contributed by atoms with Crippen molar-refractivity contribution in [2.45, 2.75) is 24.4 Å². The minimum absolute atomic E-state index is 0.425. The third-order valence-electron chi connectivity index (χ3n) is 2.56. The van der Waals surface area contributed by atoms with E-state index in [4.69, 9.17) is 5.73 Å². The van der Waals surface area contributed by atoms with E-state index < -0.39 is 0 Å². The van der Waals surface area contributed by atoms with Gasteiger partial charge in [0.1, 0.15) is 5.82 Å². The molecule has 1 aromatic heterocycles. The summed E-state index contributed by atoms with van der Waals surface area (Å²) in [5, 5.41) is 9.06. The highest BCUT2D eigenvalue weighted by Gasteiger charge is 2.07. The molecule has 0 saturated carbocycles. The summed E-state index contributed by atoms with van der Waals surface area (Å²) < 4.78 is 1.94. The molecule has 2 aromatic rings. The lowest BCUT2D eigenvalue weighted by Crippen LogP contribution is -2.05. The molecule has 1 heterocycles. The Morgan fingerprint density at radius 3 is 2.82 bits per heavy atom. The van der Waals surface area contributed by atoms with Crippen LogP contribution in [0.5, 0.6) is 0 Å². The highest BCUT2D eigenvalue weighted by molar-refractivity contribution is 7.98. The van der Waals surface area contributed by atoms with Crippen molar-refractivity contribution in [1.82, 2.24) is 14.8 Å². The van der Waals surface area contributed by atoms with Gasteiger partial charge in [-0.15, -0.1) is 10.2 Å². The van der Waals surface area contributed by atoms with Crippen molar-refractivity contribution < 1.29 is 0 Å². The van der Waals surface area contributed by atoms with Crippen LogP contribution in [0.4, 0.5) is 0 Å². The van der Waals surface area contributed by atoms with E-state index in [1.165, 1.54) is 11.1 Å². The Morgan fingerprint density at radius 2 is 2.18 bits per heavy atom. The molecule has 4 nitrogen and oxygen atoms in total. The van der Waals surface area contributed by atoms with E-state index in [2.05, 4.69) is 41.4 Å². The van der Waals surface area contributed by atoms with Crippen LogP contribution in [0.2, 0.25) is 0 Å². The van der Waals surface area contributed by atoms with Crippen LogP contribution in [-0.4, -0.2) is 14.8 Å². The molecule has 5 heteroatoms.